The van der Waals surface area contributed by atoms with Gasteiger partial charge in [-0.15, -0.1) is 0 Å². The highest BCUT2D eigenvalue weighted by atomic mass is 14.2. The molecule has 0 atom stereocenters. The first-order valence-electron chi connectivity index (χ1n) is 6.88. The van der Waals surface area contributed by atoms with Crippen molar-refractivity contribution in [1.82, 2.24) is 0 Å². The third kappa shape index (κ3) is 1.16. The van der Waals surface area contributed by atoms with Crippen LogP contribution < -0.4 is 0 Å². The summed E-state index contributed by atoms with van der Waals surface area (Å²) in [5.41, 5.74) is 5.36. The molecule has 5 rings (SSSR count). The van der Waals surface area contributed by atoms with Gasteiger partial charge < -0.3 is 0 Å². The molecule has 0 spiro atoms. The van der Waals surface area contributed by atoms with Crippen LogP contribution in [0.3, 0.4) is 0 Å². The van der Waals surface area contributed by atoms with Gasteiger partial charge in [-0.3, -0.25) is 0 Å². The maximum absolute atomic E-state index is 3.28. The predicted octanol–water partition coefficient (Wildman–Crippen LogP) is 5.44. The quantitative estimate of drug-likeness (QED) is 0.344. The molecule has 0 unspecified atom stereocenters. The molecule has 0 amide bonds. The molecule has 4 aromatic rings. The number of hydrogen-bond donors (Lipinski definition) is 0. The second-order valence-corrected chi connectivity index (χ2v) is 5.38. The Bertz CT molecular complexity index is 916. The third-order valence-corrected chi connectivity index (χ3v) is 4.30. The zero-order chi connectivity index (χ0) is 13.1. The summed E-state index contributed by atoms with van der Waals surface area (Å²) in [5, 5.41) is 5.26. The number of fused-ring (bicyclic) bond motifs is 4. The van der Waals surface area contributed by atoms with Crippen molar-refractivity contribution in [2.45, 2.75) is 0 Å². The van der Waals surface area contributed by atoms with E-state index in [0.717, 1.165) is 0 Å². The van der Waals surface area contributed by atoms with Crippen LogP contribution in [-0.2, 0) is 0 Å². The second-order valence-electron chi connectivity index (χ2n) is 5.38. The fraction of sp³-hybridized carbons (Fsp3) is 0. The summed E-state index contributed by atoms with van der Waals surface area (Å²) in [4.78, 5) is 0. The highest BCUT2D eigenvalue weighted by molar-refractivity contribution is 6.17. The van der Waals surface area contributed by atoms with Crippen molar-refractivity contribution in [3.8, 4) is 22.3 Å². The average molecular weight is 251 g/mol. The number of rotatable bonds is 0. The molecule has 0 saturated heterocycles. The van der Waals surface area contributed by atoms with E-state index in [9.17, 15) is 0 Å². The van der Waals surface area contributed by atoms with Gasteiger partial charge in [-0.2, -0.15) is 0 Å². The van der Waals surface area contributed by atoms with Crippen LogP contribution in [0.2, 0.25) is 0 Å². The van der Waals surface area contributed by atoms with Crippen LogP contribution in [0.5, 0.6) is 0 Å². The van der Waals surface area contributed by atoms with E-state index in [-0.39, 0.29) is 0 Å². The van der Waals surface area contributed by atoms with Gasteiger partial charge in [0, 0.05) is 0 Å². The number of hydrogen-bond acceptors (Lipinski definition) is 0. The van der Waals surface area contributed by atoms with Gasteiger partial charge in [-0.1, -0.05) is 42.5 Å². The van der Waals surface area contributed by atoms with E-state index >= 15 is 0 Å². The summed E-state index contributed by atoms with van der Waals surface area (Å²) in [6, 6.07) is 27.2. The van der Waals surface area contributed by atoms with Gasteiger partial charge in [0.15, 0.2) is 0 Å². The van der Waals surface area contributed by atoms with Crippen molar-refractivity contribution < 1.29 is 0 Å². The van der Waals surface area contributed by atoms with Crippen molar-refractivity contribution in [2.75, 3.05) is 0 Å². The molecular weight excluding hydrogens is 240 g/mol. The van der Waals surface area contributed by atoms with E-state index in [1.165, 1.54) is 43.8 Å². The maximum Gasteiger partial charge on any atom is -0.00259 e. The van der Waals surface area contributed by atoms with Crippen LogP contribution in [0.25, 0.3) is 43.8 Å². The topological polar surface area (TPSA) is 0 Å². The van der Waals surface area contributed by atoms with E-state index in [0.29, 0.717) is 0 Å². The molecule has 0 heteroatoms. The minimum Gasteiger partial charge on any atom is -0.0616 e. The van der Waals surface area contributed by atoms with E-state index in [1.807, 2.05) is 0 Å². The highest BCUT2D eigenvalue weighted by Gasteiger charge is 2.21. The maximum atomic E-state index is 3.28. The van der Waals surface area contributed by atoms with E-state index in [4.69, 9.17) is 0 Å². The molecule has 1 aliphatic carbocycles. The molecule has 1 radical (unpaired) electrons. The first kappa shape index (κ1) is 10.2. The van der Waals surface area contributed by atoms with E-state index in [2.05, 4.69) is 72.8 Å². The Morgan fingerprint density at radius 2 is 1.25 bits per heavy atom. The normalized spacial score (nSPS) is 12.0. The van der Waals surface area contributed by atoms with Crippen LogP contribution in [0.4, 0.5) is 0 Å². The number of benzene rings is 4. The Kier molecular flexibility index (Phi) is 1.78. The molecule has 1 aliphatic rings. The molecular formula is C20H11. The Hall–Kier alpha value is -2.60. The fourth-order valence-electron chi connectivity index (χ4n) is 3.40. The zero-order valence-electron chi connectivity index (χ0n) is 10.9. The summed E-state index contributed by atoms with van der Waals surface area (Å²) < 4.78 is 0. The van der Waals surface area contributed by atoms with Crippen LogP contribution >= 0.6 is 0 Å². The zero-order valence-corrected chi connectivity index (χ0v) is 10.9. The summed E-state index contributed by atoms with van der Waals surface area (Å²) in [6.45, 7) is 0. The van der Waals surface area contributed by atoms with Gasteiger partial charge in [0.25, 0.3) is 0 Å². The van der Waals surface area contributed by atoms with Gasteiger partial charge in [0.1, 0.15) is 0 Å². The van der Waals surface area contributed by atoms with Gasteiger partial charge >= 0.3 is 0 Å². The first-order valence-corrected chi connectivity index (χ1v) is 6.88. The molecule has 0 fully saturated rings. The SMILES string of the molecule is [c]1cc2c3c(cccc3c1)-c1cc3ccccc3cc1-2. The van der Waals surface area contributed by atoms with Crippen LogP contribution in [0.1, 0.15) is 0 Å². The van der Waals surface area contributed by atoms with Crippen molar-refractivity contribution in [2.24, 2.45) is 0 Å². The second kappa shape index (κ2) is 3.49. The summed E-state index contributed by atoms with van der Waals surface area (Å²) in [7, 11) is 0. The monoisotopic (exact) mass is 251 g/mol. The highest BCUT2D eigenvalue weighted by Crippen LogP contribution is 2.48. The van der Waals surface area contributed by atoms with Crippen LogP contribution in [0.15, 0.2) is 66.7 Å². The summed E-state index contributed by atoms with van der Waals surface area (Å²) in [6.07, 6.45) is 0. The van der Waals surface area contributed by atoms with Gasteiger partial charge in [0.05, 0.1) is 0 Å². The van der Waals surface area contributed by atoms with E-state index < -0.39 is 0 Å². The van der Waals surface area contributed by atoms with Crippen LogP contribution in [-0.4, -0.2) is 0 Å². The van der Waals surface area contributed by atoms with Crippen LogP contribution in [0, 0.1) is 6.07 Å². The third-order valence-electron chi connectivity index (χ3n) is 4.30. The lowest BCUT2D eigenvalue weighted by Gasteiger charge is -2.05. The first-order chi connectivity index (χ1) is 9.92. The Morgan fingerprint density at radius 1 is 0.550 bits per heavy atom. The molecule has 0 nitrogen and oxygen atoms in total. The molecule has 0 aliphatic heterocycles. The Morgan fingerprint density at radius 3 is 2.05 bits per heavy atom. The van der Waals surface area contributed by atoms with Gasteiger partial charge in [-0.05, 0) is 74.1 Å². The van der Waals surface area contributed by atoms with Crippen molar-refractivity contribution >= 4 is 21.5 Å². The Balaban J connectivity index is 2.02. The standard InChI is InChI=1S/C20H11/c1-2-6-15-12-19-17-10-4-8-13-7-3-9-16(20(13)17)18(19)11-14(15)5-1/h1-3,5-12H. The average Bonchev–Trinajstić information content (AvgIpc) is 2.82. The smallest absolute Gasteiger partial charge is 0.00259 e. The molecule has 0 bridgehead atoms. The molecule has 20 heavy (non-hydrogen) atoms. The van der Waals surface area contributed by atoms with Gasteiger partial charge in [0.2, 0.25) is 0 Å². The summed E-state index contributed by atoms with van der Waals surface area (Å²) >= 11 is 0. The molecule has 0 N–H and O–H groups in total. The van der Waals surface area contributed by atoms with Crippen molar-refractivity contribution in [3.63, 3.8) is 0 Å². The molecule has 91 valence electrons. The summed E-state index contributed by atoms with van der Waals surface area (Å²) in [5.74, 6) is 0. The minimum absolute atomic E-state index is 1.28. The molecule has 0 heterocycles. The lowest BCUT2D eigenvalue weighted by molar-refractivity contribution is 1.73. The largest absolute Gasteiger partial charge is 0.0616 e. The molecule has 0 saturated carbocycles. The predicted molar refractivity (Wildman–Crippen MR) is 84.7 cm³/mol. The lowest BCUT2D eigenvalue weighted by Crippen LogP contribution is -1.78. The van der Waals surface area contributed by atoms with E-state index in [1.54, 1.807) is 0 Å². The molecule has 0 aromatic heterocycles. The Labute approximate surface area is 117 Å². The van der Waals surface area contributed by atoms with Gasteiger partial charge in [-0.25, -0.2) is 0 Å². The fourth-order valence-corrected chi connectivity index (χ4v) is 3.40. The lowest BCUT2D eigenvalue weighted by atomic mass is 9.99. The van der Waals surface area contributed by atoms with Crippen molar-refractivity contribution in [1.29, 1.82) is 0 Å². The molecule has 4 aromatic carbocycles. The minimum atomic E-state index is 1.28. The van der Waals surface area contributed by atoms with Crippen molar-refractivity contribution in [3.05, 3.63) is 72.8 Å².